The lowest BCUT2D eigenvalue weighted by Crippen LogP contribution is -2.24. The van der Waals surface area contributed by atoms with Gasteiger partial charge in [0.05, 0.1) is 12.7 Å². The van der Waals surface area contributed by atoms with E-state index < -0.39 is 12.3 Å². The van der Waals surface area contributed by atoms with E-state index in [0.29, 0.717) is 6.61 Å². The quantitative estimate of drug-likeness (QED) is 0.673. The molecule has 74 valence electrons. The van der Waals surface area contributed by atoms with Gasteiger partial charge in [0.2, 0.25) is 0 Å². The van der Waals surface area contributed by atoms with Crippen molar-refractivity contribution >= 4 is 0 Å². The Morgan fingerprint density at radius 2 is 2.62 bits per heavy atom. The van der Waals surface area contributed by atoms with Crippen molar-refractivity contribution in [2.24, 2.45) is 5.92 Å². The molecule has 1 rings (SSSR count). The molecule has 0 aromatic carbocycles. The van der Waals surface area contributed by atoms with Gasteiger partial charge in [-0.15, -0.1) is 0 Å². The predicted molar refractivity (Wildman–Crippen MR) is 48.9 cm³/mol. The van der Waals surface area contributed by atoms with Gasteiger partial charge in [-0.05, 0) is 25.2 Å². The Kier molecular flexibility index (Phi) is 3.56. The lowest BCUT2D eigenvalue weighted by Gasteiger charge is -2.23. The summed E-state index contributed by atoms with van der Waals surface area (Å²) in [7, 11) is 0. The maximum Gasteiger partial charge on any atom is 0.157 e. The molecule has 0 N–H and O–H groups in total. The smallest absolute Gasteiger partial charge is 0.157 e. The fraction of sp³-hybridized carbons (Fsp3) is 0.900. The van der Waals surface area contributed by atoms with Crippen molar-refractivity contribution in [3.05, 3.63) is 0 Å². The average molecular weight is 185 g/mol. The van der Waals surface area contributed by atoms with Crippen molar-refractivity contribution in [3.63, 3.8) is 0 Å². The molecule has 2 atom stereocenters. The molecule has 0 bridgehead atoms. The van der Waals surface area contributed by atoms with Gasteiger partial charge in [-0.1, -0.05) is 6.92 Å². The molecule has 1 fully saturated rings. The summed E-state index contributed by atoms with van der Waals surface area (Å²) < 4.78 is 25.5. The van der Waals surface area contributed by atoms with Gasteiger partial charge in [-0.2, -0.15) is 5.26 Å². The van der Waals surface area contributed by atoms with Crippen molar-refractivity contribution in [1.82, 2.24) is 0 Å². The maximum absolute atomic E-state index is 8.59. The zero-order chi connectivity index (χ0) is 11.3. The van der Waals surface area contributed by atoms with Crippen molar-refractivity contribution < 1.29 is 12.2 Å². The fourth-order valence-electron chi connectivity index (χ4n) is 1.25. The SMILES string of the molecule is [2H]C([2H])(C#N)[C@@H](C)COC1CCCCO1. The second-order valence-corrected chi connectivity index (χ2v) is 3.29. The largest absolute Gasteiger partial charge is 0.353 e. The Hall–Kier alpha value is -0.590. The minimum Gasteiger partial charge on any atom is -0.353 e. The molecule has 0 radical (unpaired) electrons. The first-order valence-corrected chi connectivity index (χ1v) is 4.70. The van der Waals surface area contributed by atoms with Gasteiger partial charge in [0.25, 0.3) is 0 Å². The van der Waals surface area contributed by atoms with Gasteiger partial charge < -0.3 is 9.47 Å². The lowest BCUT2D eigenvalue weighted by molar-refractivity contribution is -0.167. The van der Waals surface area contributed by atoms with Gasteiger partial charge in [-0.25, -0.2) is 0 Å². The van der Waals surface area contributed by atoms with Crippen molar-refractivity contribution in [2.45, 2.75) is 38.8 Å². The van der Waals surface area contributed by atoms with Crippen LogP contribution in [0.4, 0.5) is 0 Å². The molecule has 0 amide bonds. The second kappa shape index (κ2) is 5.95. The van der Waals surface area contributed by atoms with Crippen molar-refractivity contribution in [1.29, 1.82) is 5.26 Å². The van der Waals surface area contributed by atoms with Gasteiger partial charge >= 0.3 is 0 Å². The normalized spacial score (nSPS) is 28.5. The van der Waals surface area contributed by atoms with E-state index in [2.05, 4.69) is 0 Å². The van der Waals surface area contributed by atoms with E-state index in [4.69, 9.17) is 17.5 Å². The van der Waals surface area contributed by atoms with Crippen LogP contribution in [-0.2, 0) is 9.47 Å². The third-order valence-electron chi connectivity index (χ3n) is 1.98. The zero-order valence-corrected chi connectivity index (χ0v) is 7.95. The van der Waals surface area contributed by atoms with Crippen LogP contribution in [-0.4, -0.2) is 19.5 Å². The Balaban J connectivity index is 2.27. The van der Waals surface area contributed by atoms with Crippen molar-refractivity contribution in [3.8, 4) is 6.07 Å². The minimum absolute atomic E-state index is 0.212. The van der Waals surface area contributed by atoms with Gasteiger partial charge in [0.15, 0.2) is 6.29 Å². The predicted octanol–water partition coefficient (Wildman–Crippen LogP) is 2.08. The van der Waals surface area contributed by atoms with Crippen molar-refractivity contribution in [2.75, 3.05) is 13.2 Å². The molecule has 1 heterocycles. The van der Waals surface area contributed by atoms with Crippen LogP contribution in [0.25, 0.3) is 0 Å². The molecule has 1 aliphatic rings. The van der Waals surface area contributed by atoms with Crippen LogP contribution in [0, 0.1) is 17.2 Å². The first kappa shape index (κ1) is 7.78. The van der Waals surface area contributed by atoms with Crippen LogP contribution in [0.15, 0.2) is 0 Å². The highest BCUT2D eigenvalue weighted by atomic mass is 16.7. The molecule has 3 heteroatoms. The topological polar surface area (TPSA) is 42.2 Å². The summed E-state index contributed by atoms with van der Waals surface area (Å²) in [4.78, 5) is 0. The molecule has 0 aliphatic carbocycles. The summed E-state index contributed by atoms with van der Waals surface area (Å²) in [5, 5.41) is 8.59. The summed E-state index contributed by atoms with van der Waals surface area (Å²) in [6.45, 7) is 2.61. The highest BCUT2D eigenvalue weighted by Crippen LogP contribution is 2.15. The molecule has 13 heavy (non-hydrogen) atoms. The number of ether oxygens (including phenoxy) is 2. The van der Waals surface area contributed by atoms with Gasteiger partial charge in [-0.3, -0.25) is 0 Å². The van der Waals surface area contributed by atoms with E-state index in [1.54, 1.807) is 13.0 Å². The third kappa shape index (κ3) is 4.25. The van der Waals surface area contributed by atoms with E-state index in [1.165, 1.54) is 0 Å². The van der Waals surface area contributed by atoms with Crippen LogP contribution in [0.2, 0.25) is 0 Å². The van der Waals surface area contributed by atoms with Crippen LogP contribution < -0.4 is 0 Å². The van der Waals surface area contributed by atoms with Crippen LogP contribution >= 0.6 is 0 Å². The number of hydrogen-bond donors (Lipinski definition) is 0. The number of rotatable bonds is 4. The summed E-state index contributed by atoms with van der Waals surface area (Å²) in [6.07, 6.45) is 0.978. The van der Waals surface area contributed by atoms with E-state index >= 15 is 0 Å². The summed E-state index contributed by atoms with van der Waals surface area (Å²) in [6, 6.07) is 1.64. The van der Waals surface area contributed by atoms with Crippen LogP contribution in [0.5, 0.6) is 0 Å². The summed E-state index contributed by atoms with van der Waals surface area (Å²) in [5.41, 5.74) is 0. The van der Waals surface area contributed by atoms with Gasteiger partial charge in [0.1, 0.15) is 0 Å². The minimum atomic E-state index is -1.82. The number of nitrogens with zero attached hydrogens (tertiary/aromatic N) is 1. The van der Waals surface area contributed by atoms with Crippen LogP contribution in [0.3, 0.4) is 0 Å². The Morgan fingerprint density at radius 1 is 1.77 bits per heavy atom. The molecule has 1 unspecified atom stereocenters. The third-order valence-corrected chi connectivity index (χ3v) is 1.98. The average Bonchev–Trinajstić information content (AvgIpc) is 2.27. The molecule has 1 aliphatic heterocycles. The Bertz CT molecular complexity index is 234. The number of nitriles is 1. The first-order chi connectivity index (χ1) is 7.06. The molecule has 3 nitrogen and oxygen atoms in total. The molecular formula is C10H17NO2. The van der Waals surface area contributed by atoms with E-state index in [0.717, 1.165) is 19.3 Å². The highest BCUT2D eigenvalue weighted by molar-refractivity contribution is 4.72. The molecule has 0 spiro atoms. The van der Waals surface area contributed by atoms with Crippen LogP contribution in [0.1, 0.15) is 35.3 Å². The summed E-state index contributed by atoms with van der Waals surface area (Å²) in [5.74, 6) is -0.437. The standard InChI is InChI=1S/C10H17NO2/c1-9(5-6-11)8-13-10-4-2-3-7-12-10/h9-10H,2-5,7-8H2,1H3/t9-,10?/m1/s1/i5D2. The molecule has 0 aromatic rings. The van der Waals surface area contributed by atoms with Gasteiger partial charge in [0, 0.05) is 15.7 Å². The Labute approximate surface area is 82.4 Å². The lowest BCUT2D eigenvalue weighted by atomic mass is 10.1. The molecular weight excluding hydrogens is 166 g/mol. The second-order valence-electron chi connectivity index (χ2n) is 3.29. The zero-order valence-electron chi connectivity index (χ0n) is 9.95. The molecule has 0 aromatic heterocycles. The highest BCUT2D eigenvalue weighted by Gasteiger charge is 2.14. The molecule has 1 saturated heterocycles. The Morgan fingerprint density at radius 3 is 3.23 bits per heavy atom. The van der Waals surface area contributed by atoms with E-state index in [1.807, 2.05) is 0 Å². The van der Waals surface area contributed by atoms with E-state index in [9.17, 15) is 0 Å². The number of hydrogen-bond acceptors (Lipinski definition) is 3. The summed E-state index contributed by atoms with van der Waals surface area (Å²) >= 11 is 0. The monoisotopic (exact) mass is 185 g/mol. The first-order valence-electron chi connectivity index (χ1n) is 5.70. The molecule has 0 saturated carbocycles. The van der Waals surface area contributed by atoms with E-state index in [-0.39, 0.29) is 12.9 Å². The fourth-order valence-corrected chi connectivity index (χ4v) is 1.25. The maximum atomic E-state index is 8.59.